The molecular formula is C9H9P. The van der Waals surface area contributed by atoms with Crippen LogP contribution in [0, 0.1) is 0 Å². The summed E-state index contributed by atoms with van der Waals surface area (Å²) in [6, 6.07) is 0. The molecule has 2 rings (SSSR count). The van der Waals surface area contributed by atoms with Crippen LogP contribution in [0.25, 0.3) is 0 Å². The maximum absolute atomic E-state index is 2.32. The summed E-state index contributed by atoms with van der Waals surface area (Å²) in [6.45, 7) is 0. The van der Waals surface area contributed by atoms with E-state index < -0.39 is 0 Å². The van der Waals surface area contributed by atoms with Gasteiger partial charge in [-0.25, -0.2) is 0 Å². The largest absolute Gasteiger partial charge is 0.0796 e. The van der Waals surface area contributed by atoms with E-state index >= 15 is 0 Å². The zero-order chi connectivity index (χ0) is 6.81. The van der Waals surface area contributed by atoms with Gasteiger partial charge in [-0.05, 0) is 19.7 Å². The molecule has 2 aliphatic heterocycles. The van der Waals surface area contributed by atoms with Crippen molar-refractivity contribution in [1.29, 1.82) is 0 Å². The van der Waals surface area contributed by atoms with Crippen molar-refractivity contribution in [3.8, 4) is 0 Å². The van der Waals surface area contributed by atoms with Gasteiger partial charge in [0.25, 0.3) is 0 Å². The number of allylic oxidation sites excluding steroid dienone is 6. The number of hydrogen-bond donors (Lipinski definition) is 0. The summed E-state index contributed by atoms with van der Waals surface area (Å²) < 4.78 is 0. The highest BCUT2D eigenvalue weighted by Gasteiger charge is 2.08. The zero-order valence-corrected chi connectivity index (χ0v) is 6.59. The fourth-order valence-corrected chi connectivity index (χ4v) is 2.79. The Morgan fingerprint density at radius 2 is 2.20 bits per heavy atom. The molecule has 1 heteroatoms. The van der Waals surface area contributed by atoms with Crippen LogP contribution in [-0.4, -0.2) is 0 Å². The van der Waals surface area contributed by atoms with E-state index in [1.165, 1.54) is 5.31 Å². The Kier molecular flexibility index (Phi) is 1.56. The number of rotatable bonds is 0. The standard InChI is InChI=1S/C9H9P/c1-3-7-10-8-4-2-6-9(10)5-1/h1,3-8H,2H2. The van der Waals surface area contributed by atoms with Crippen molar-refractivity contribution in [2.45, 2.75) is 6.42 Å². The van der Waals surface area contributed by atoms with Crippen molar-refractivity contribution in [2.75, 3.05) is 0 Å². The van der Waals surface area contributed by atoms with Crippen molar-refractivity contribution >= 4 is 7.92 Å². The molecule has 0 nitrogen and oxygen atoms in total. The molecule has 0 saturated carbocycles. The van der Waals surface area contributed by atoms with Gasteiger partial charge in [0.15, 0.2) is 0 Å². The molecule has 0 bridgehead atoms. The minimum absolute atomic E-state index is 0.0331. The Balaban J connectivity index is 2.33. The van der Waals surface area contributed by atoms with Crippen LogP contribution in [0.15, 0.2) is 47.3 Å². The van der Waals surface area contributed by atoms with Crippen LogP contribution in [0.3, 0.4) is 0 Å². The first kappa shape index (κ1) is 6.12. The van der Waals surface area contributed by atoms with Gasteiger partial charge in [0.2, 0.25) is 0 Å². The molecule has 1 atom stereocenters. The summed E-state index contributed by atoms with van der Waals surface area (Å²) in [4.78, 5) is 0. The lowest BCUT2D eigenvalue weighted by atomic mass is 10.3. The van der Waals surface area contributed by atoms with Gasteiger partial charge < -0.3 is 0 Å². The predicted octanol–water partition coefficient (Wildman–Crippen LogP) is 3.35. The van der Waals surface area contributed by atoms with Gasteiger partial charge in [0, 0.05) is 0 Å². The second kappa shape index (κ2) is 2.56. The molecule has 50 valence electrons. The van der Waals surface area contributed by atoms with E-state index in [0.717, 1.165) is 6.42 Å². The first-order valence-corrected chi connectivity index (χ1v) is 4.95. The van der Waals surface area contributed by atoms with Gasteiger partial charge in [-0.15, -0.1) is 0 Å². The van der Waals surface area contributed by atoms with Gasteiger partial charge >= 0.3 is 0 Å². The van der Waals surface area contributed by atoms with E-state index in [4.69, 9.17) is 0 Å². The molecule has 2 heterocycles. The molecule has 0 fully saturated rings. The molecule has 2 aliphatic rings. The molecule has 10 heavy (non-hydrogen) atoms. The average molecular weight is 148 g/mol. The van der Waals surface area contributed by atoms with E-state index in [-0.39, 0.29) is 7.92 Å². The van der Waals surface area contributed by atoms with Crippen LogP contribution < -0.4 is 0 Å². The number of hydrogen-bond acceptors (Lipinski definition) is 0. The van der Waals surface area contributed by atoms with Crippen molar-refractivity contribution in [3.05, 3.63) is 47.3 Å². The van der Waals surface area contributed by atoms with Crippen molar-refractivity contribution in [2.24, 2.45) is 0 Å². The highest BCUT2D eigenvalue weighted by Crippen LogP contribution is 2.52. The Morgan fingerprint density at radius 1 is 1.20 bits per heavy atom. The molecule has 0 radical (unpaired) electrons. The summed E-state index contributed by atoms with van der Waals surface area (Å²) in [5, 5.41) is 1.51. The zero-order valence-electron chi connectivity index (χ0n) is 5.70. The summed E-state index contributed by atoms with van der Waals surface area (Å²) in [7, 11) is -0.0331. The summed E-state index contributed by atoms with van der Waals surface area (Å²) in [5.41, 5.74) is 0. The molecule has 0 amide bonds. The normalized spacial score (nSPS) is 28.0. The fraction of sp³-hybridized carbons (Fsp3) is 0.111. The van der Waals surface area contributed by atoms with E-state index in [9.17, 15) is 0 Å². The van der Waals surface area contributed by atoms with Crippen molar-refractivity contribution in [3.63, 3.8) is 0 Å². The van der Waals surface area contributed by atoms with Crippen LogP contribution in [0.2, 0.25) is 0 Å². The van der Waals surface area contributed by atoms with E-state index in [1.54, 1.807) is 0 Å². The summed E-state index contributed by atoms with van der Waals surface area (Å²) >= 11 is 0. The molecule has 0 spiro atoms. The Hall–Kier alpha value is -0.610. The van der Waals surface area contributed by atoms with Crippen LogP contribution in [-0.2, 0) is 0 Å². The average Bonchev–Trinajstić information content (AvgIpc) is 2.05. The minimum Gasteiger partial charge on any atom is -0.0796 e. The second-order valence-corrected chi connectivity index (χ2v) is 4.28. The lowest BCUT2D eigenvalue weighted by Gasteiger charge is -2.15. The van der Waals surface area contributed by atoms with Crippen LogP contribution in [0.4, 0.5) is 0 Å². The fourth-order valence-electron chi connectivity index (χ4n) is 1.14. The third-order valence-electron chi connectivity index (χ3n) is 1.65. The molecule has 0 aliphatic carbocycles. The van der Waals surface area contributed by atoms with Gasteiger partial charge in [0.1, 0.15) is 0 Å². The highest BCUT2D eigenvalue weighted by atomic mass is 31.1. The maximum Gasteiger partial charge on any atom is -0.0156 e. The van der Waals surface area contributed by atoms with E-state index in [2.05, 4.69) is 42.0 Å². The Bertz CT molecular complexity index is 243. The molecule has 0 aromatic rings. The smallest absolute Gasteiger partial charge is 0.0156 e. The van der Waals surface area contributed by atoms with Gasteiger partial charge in [-0.1, -0.05) is 42.0 Å². The monoisotopic (exact) mass is 148 g/mol. The van der Waals surface area contributed by atoms with Crippen molar-refractivity contribution < 1.29 is 0 Å². The first-order chi connectivity index (χ1) is 4.97. The van der Waals surface area contributed by atoms with Crippen molar-refractivity contribution in [1.82, 2.24) is 0 Å². The lowest BCUT2D eigenvalue weighted by Crippen LogP contribution is -1.81. The topological polar surface area (TPSA) is 0 Å². The first-order valence-electron chi connectivity index (χ1n) is 3.47. The third-order valence-corrected chi connectivity index (χ3v) is 3.61. The van der Waals surface area contributed by atoms with Crippen LogP contribution in [0.1, 0.15) is 6.42 Å². The SMILES string of the molecule is C1=CC2=CCC=CP2C=C1. The van der Waals surface area contributed by atoms with Gasteiger partial charge in [-0.2, -0.15) is 0 Å². The van der Waals surface area contributed by atoms with Crippen LogP contribution in [0.5, 0.6) is 0 Å². The Morgan fingerprint density at radius 3 is 3.10 bits per heavy atom. The van der Waals surface area contributed by atoms with Gasteiger partial charge in [0.05, 0.1) is 0 Å². The quantitative estimate of drug-likeness (QED) is 0.462. The third kappa shape index (κ3) is 0.998. The lowest BCUT2D eigenvalue weighted by molar-refractivity contribution is 1.38. The second-order valence-electron chi connectivity index (χ2n) is 2.36. The van der Waals surface area contributed by atoms with E-state index in [0.29, 0.717) is 0 Å². The molecule has 0 aromatic heterocycles. The highest BCUT2D eigenvalue weighted by molar-refractivity contribution is 7.68. The molecule has 1 unspecified atom stereocenters. The molecule has 0 N–H and O–H groups in total. The molecule has 0 aromatic carbocycles. The van der Waals surface area contributed by atoms with Gasteiger partial charge in [-0.3, -0.25) is 0 Å². The predicted molar refractivity (Wildman–Crippen MR) is 47.0 cm³/mol. The summed E-state index contributed by atoms with van der Waals surface area (Å²) in [6.07, 6.45) is 12.1. The molecule has 0 saturated heterocycles. The maximum atomic E-state index is 2.32. The molecular weight excluding hydrogens is 139 g/mol. The van der Waals surface area contributed by atoms with Crippen LogP contribution >= 0.6 is 7.92 Å². The van der Waals surface area contributed by atoms with E-state index in [1.807, 2.05) is 0 Å². The summed E-state index contributed by atoms with van der Waals surface area (Å²) in [5.74, 6) is 4.61. The Labute approximate surface area is 62.4 Å². The minimum atomic E-state index is -0.0331. The number of fused-ring (bicyclic) bond motifs is 1.